The zero-order valence-corrected chi connectivity index (χ0v) is 11.0. The van der Waals surface area contributed by atoms with E-state index in [1.165, 1.54) is 0 Å². The lowest BCUT2D eigenvalue weighted by atomic mass is 9.82. The van der Waals surface area contributed by atoms with Crippen LogP contribution in [0.3, 0.4) is 0 Å². The molecule has 1 amide bonds. The van der Waals surface area contributed by atoms with Crippen LogP contribution in [0.25, 0.3) is 0 Å². The monoisotopic (exact) mass is 265 g/mol. The number of benzene rings is 2. The van der Waals surface area contributed by atoms with Crippen molar-refractivity contribution < 1.29 is 9.59 Å². The Morgan fingerprint density at radius 1 is 0.950 bits per heavy atom. The van der Waals surface area contributed by atoms with E-state index in [0.717, 1.165) is 16.8 Å². The lowest BCUT2D eigenvalue weighted by Crippen LogP contribution is -2.30. The number of fused-ring (bicyclic) bond motifs is 1. The summed E-state index contributed by atoms with van der Waals surface area (Å²) in [5.74, 6) is -0.309. The highest BCUT2D eigenvalue weighted by molar-refractivity contribution is 6.03. The number of carbonyl (C=O) groups excluding carboxylic acids is 2. The van der Waals surface area contributed by atoms with Gasteiger partial charge in [-0.1, -0.05) is 42.5 Å². The highest BCUT2D eigenvalue weighted by Crippen LogP contribution is 2.26. The third kappa shape index (κ3) is 2.48. The molecule has 100 valence electrons. The summed E-state index contributed by atoms with van der Waals surface area (Å²) in [5.41, 5.74) is 2.50. The van der Waals surface area contributed by atoms with Crippen LogP contribution in [0.4, 0.5) is 5.69 Å². The Hall–Kier alpha value is -2.42. The minimum Gasteiger partial charge on any atom is -0.326 e. The minimum atomic E-state index is -0.280. The van der Waals surface area contributed by atoms with Gasteiger partial charge in [0.1, 0.15) is 0 Å². The fraction of sp³-hybridized carbons (Fsp3) is 0.176. The molecule has 20 heavy (non-hydrogen) atoms. The number of anilines is 1. The van der Waals surface area contributed by atoms with E-state index in [1.807, 2.05) is 54.6 Å². The second-order valence-electron chi connectivity index (χ2n) is 5.04. The second-order valence-corrected chi connectivity index (χ2v) is 5.04. The summed E-state index contributed by atoms with van der Waals surface area (Å²) < 4.78 is 0. The highest BCUT2D eigenvalue weighted by Gasteiger charge is 2.29. The van der Waals surface area contributed by atoms with Gasteiger partial charge in [-0.15, -0.1) is 0 Å². The zero-order chi connectivity index (χ0) is 13.9. The summed E-state index contributed by atoms with van der Waals surface area (Å²) in [6, 6.07) is 16.9. The topological polar surface area (TPSA) is 46.2 Å². The van der Waals surface area contributed by atoms with Crippen LogP contribution in [-0.4, -0.2) is 11.7 Å². The molecule has 0 aromatic heterocycles. The molecule has 3 rings (SSSR count). The van der Waals surface area contributed by atoms with Gasteiger partial charge in [0.2, 0.25) is 5.91 Å². The first kappa shape index (κ1) is 12.6. The van der Waals surface area contributed by atoms with Crippen LogP contribution < -0.4 is 5.32 Å². The maximum Gasteiger partial charge on any atom is 0.228 e. The first-order chi connectivity index (χ1) is 9.74. The molecule has 0 heterocycles. The van der Waals surface area contributed by atoms with E-state index >= 15 is 0 Å². The fourth-order valence-electron chi connectivity index (χ4n) is 2.59. The van der Waals surface area contributed by atoms with Gasteiger partial charge < -0.3 is 5.32 Å². The molecule has 0 radical (unpaired) electrons. The number of ketones is 1. The summed E-state index contributed by atoms with van der Waals surface area (Å²) in [7, 11) is 0. The van der Waals surface area contributed by atoms with Crippen LogP contribution in [0.5, 0.6) is 0 Å². The van der Waals surface area contributed by atoms with Gasteiger partial charge in [-0.25, -0.2) is 0 Å². The van der Waals surface area contributed by atoms with Crippen molar-refractivity contribution in [2.24, 2.45) is 5.92 Å². The van der Waals surface area contributed by atoms with Crippen LogP contribution in [0.15, 0.2) is 54.6 Å². The van der Waals surface area contributed by atoms with Crippen molar-refractivity contribution in [3.63, 3.8) is 0 Å². The van der Waals surface area contributed by atoms with Crippen molar-refractivity contribution in [1.29, 1.82) is 0 Å². The molecule has 1 aliphatic carbocycles. The Balaban J connectivity index is 1.76. The summed E-state index contributed by atoms with van der Waals surface area (Å²) >= 11 is 0. The van der Waals surface area contributed by atoms with Crippen molar-refractivity contribution in [2.75, 3.05) is 5.32 Å². The summed E-state index contributed by atoms with van der Waals surface area (Å²) in [6.07, 6.45) is 0.913. The molecule has 3 heteroatoms. The number of hydrogen-bond acceptors (Lipinski definition) is 2. The summed E-state index contributed by atoms with van der Waals surface area (Å²) in [5, 5.41) is 2.87. The number of hydrogen-bond donors (Lipinski definition) is 1. The number of amides is 1. The second kappa shape index (κ2) is 5.29. The van der Waals surface area contributed by atoms with Crippen molar-refractivity contribution in [3.8, 4) is 0 Å². The first-order valence-electron chi connectivity index (χ1n) is 6.71. The Morgan fingerprint density at radius 3 is 2.45 bits per heavy atom. The van der Waals surface area contributed by atoms with Gasteiger partial charge in [0.25, 0.3) is 0 Å². The normalized spacial score (nSPS) is 17.4. The number of nitrogens with one attached hydrogen (secondary N) is 1. The van der Waals surface area contributed by atoms with E-state index < -0.39 is 0 Å². The zero-order valence-electron chi connectivity index (χ0n) is 11.0. The molecule has 0 bridgehead atoms. The molecule has 0 aliphatic heterocycles. The van der Waals surface area contributed by atoms with Crippen LogP contribution in [-0.2, 0) is 11.2 Å². The average Bonchev–Trinajstić information content (AvgIpc) is 2.48. The molecular formula is C17H15NO2. The Labute approximate surface area is 117 Å². The average molecular weight is 265 g/mol. The predicted molar refractivity (Wildman–Crippen MR) is 77.7 cm³/mol. The van der Waals surface area contributed by atoms with Gasteiger partial charge in [0, 0.05) is 23.6 Å². The van der Waals surface area contributed by atoms with E-state index in [-0.39, 0.29) is 24.0 Å². The molecule has 0 spiro atoms. The SMILES string of the molecule is O=C1CC(C(=O)Nc2ccccc2)Cc2ccccc21. The van der Waals surface area contributed by atoms with Gasteiger partial charge in [0.15, 0.2) is 5.78 Å². The van der Waals surface area contributed by atoms with Crippen molar-refractivity contribution in [1.82, 2.24) is 0 Å². The lowest BCUT2D eigenvalue weighted by Gasteiger charge is -2.22. The Kier molecular flexibility index (Phi) is 3.33. The molecule has 2 aromatic carbocycles. The van der Waals surface area contributed by atoms with Crippen molar-refractivity contribution in [2.45, 2.75) is 12.8 Å². The number of para-hydroxylation sites is 1. The van der Waals surface area contributed by atoms with Gasteiger partial charge >= 0.3 is 0 Å². The van der Waals surface area contributed by atoms with Crippen LogP contribution >= 0.6 is 0 Å². The van der Waals surface area contributed by atoms with Crippen molar-refractivity contribution in [3.05, 3.63) is 65.7 Å². The summed E-state index contributed by atoms with van der Waals surface area (Å²) in [4.78, 5) is 24.3. The van der Waals surface area contributed by atoms with Crippen LogP contribution in [0.2, 0.25) is 0 Å². The Bertz CT molecular complexity index is 649. The standard InChI is InChI=1S/C17H15NO2/c19-16-11-13(10-12-6-4-5-9-15(12)16)17(20)18-14-7-2-1-3-8-14/h1-9,13H,10-11H2,(H,18,20). The Morgan fingerprint density at radius 2 is 1.65 bits per heavy atom. The molecular weight excluding hydrogens is 250 g/mol. The minimum absolute atomic E-state index is 0.0556. The lowest BCUT2D eigenvalue weighted by molar-refractivity contribution is -0.119. The predicted octanol–water partition coefficient (Wildman–Crippen LogP) is 3.07. The molecule has 1 atom stereocenters. The van der Waals surface area contributed by atoms with E-state index in [2.05, 4.69) is 5.32 Å². The van der Waals surface area contributed by atoms with E-state index in [0.29, 0.717) is 6.42 Å². The largest absolute Gasteiger partial charge is 0.326 e. The fourth-order valence-corrected chi connectivity index (χ4v) is 2.59. The molecule has 3 nitrogen and oxygen atoms in total. The highest BCUT2D eigenvalue weighted by atomic mass is 16.2. The maximum atomic E-state index is 12.3. The van der Waals surface area contributed by atoms with E-state index in [9.17, 15) is 9.59 Å². The molecule has 1 unspecified atom stereocenters. The van der Waals surface area contributed by atoms with Gasteiger partial charge in [-0.3, -0.25) is 9.59 Å². The van der Waals surface area contributed by atoms with Crippen LogP contribution in [0, 0.1) is 5.92 Å². The smallest absolute Gasteiger partial charge is 0.228 e. The number of Topliss-reactive ketones (excluding diaryl/α,β-unsaturated/α-hetero) is 1. The van der Waals surface area contributed by atoms with Gasteiger partial charge in [-0.2, -0.15) is 0 Å². The molecule has 0 saturated carbocycles. The molecule has 0 fully saturated rings. The quantitative estimate of drug-likeness (QED) is 0.907. The molecule has 1 aliphatic rings. The van der Waals surface area contributed by atoms with Crippen molar-refractivity contribution >= 4 is 17.4 Å². The third-order valence-corrected chi connectivity index (χ3v) is 3.63. The molecule has 0 saturated heterocycles. The number of rotatable bonds is 2. The third-order valence-electron chi connectivity index (χ3n) is 3.63. The molecule has 2 aromatic rings. The first-order valence-corrected chi connectivity index (χ1v) is 6.71. The van der Waals surface area contributed by atoms with E-state index in [1.54, 1.807) is 0 Å². The number of carbonyl (C=O) groups is 2. The molecule has 1 N–H and O–H groups in total. The van der Waals surface area contributed by atoms with Crippen LogP contribution in [0.1, 0.15) is 22.3 Å². The van der Waals surface area contributed by atoms with Gasteiger partial charge in [-0.05, 0) is 24.1 Å². The van der Waals surface area contributed by atoms with E-state index in [4.69, 9.17) is 0 Å². The maximum absolute atomic E-state index is 12.3. The summed E-state index contributed by atoms with van der Waals surface area (Å²) in [6.45, 7) is 0. The van der Waals surface area contributed by atoms with Gasteiger partial charge in [0.05, 0.1) is 0 Å².